The molecular formula is C23H37NO5. The van der Waals surface area contributed by atoms with Gasteiger partial charge in [0.25, 0.3) is 0 Å². The van der Waals surface area contributed by atoms with Gasteiger partial charge in [-0.15, -0.1) is 0 Å². The third-order valence-corrected chi connectivity index (χ3v) is 5.23. The van der Waals surface area contributed by atoms with E-state index in [1.54, 1.807) is 0 Å². The molecule has 0 aromatic rings. The Kier molecular flexibility index (Phi) is 12.7. The fourth-order valence-corrected chi connectivity index (χ4v) is 3.48. The molecule has 0 aliphatic heterocycles. The van der Waals surface area contributed by atoms with Gasteiger partial charge in [0.1, 0.15) is 5.76 Å². The number of nitrogens with one attached hydrogen (secondary N) is 1. The maximum Gasteiger partial charge on any atom is 0.303 e. The van der Waals surface area contributed by atoms with Crippen molar-refractivity contribution in [2.45, 2.75) is 96.8 Å². The first-order chi connectivity index (χ1) is 14.0. The maximum atomic E-state index is 12.1. The number of rotatable bonds is 17. The summed E-state index contributed by atoms with van der Waals surface area (Å²) in [7, 11) is 0. The molecular weight excluding hydrogens is 370 g/mol. The standard InChI is InChI=1S/C23H37NO5/c1-2-3-4-5-6-7-8-9-10-11-12-14-18-22(28)19(17-20(25)23(18)29)24-16-13-15-21(26)27/h17,24,28H,2-16H2,1H3,(H,26,27). The number of carboxylic acid groups (broad SMARTS) is 1. The number of aliphatic hydroxyl groups is 1. The van der Waals surface area contributed by atoms with Crippen LogP contribution in [0, 0.1) is 0 Å². The smallest absolute Gasteiger partial charge is 0.303 e. The van der Waals surface area contributed by atoms with Crippen LogP contribution in [0.5, 0.6) is 0 Å². The van der Waals surface area contributed by atoms with Crippen molar-refractivity contribution >= 4 is 17.5 Å². The van der Waals surface area contributed by atoms with Crippen LogP contribution < -0.4 is 5.32 Å². The van der Waals surface area contributed by atoms with Crippen LogP contribution in [0.4, 0.5) is 0 Å². The van der Waals surface area contributed by atoms with Gasteiger partial charge in [-0.2, -0.15) is 0 Å². The van der Waals surface area contributed by atoms with E-state index in [4.69, 9.17) is 5.11 Å². The molecule has 1 aliphatic rings. The lowest BCUT2D eigenvalue weighted by Gasteiger charge is -2.17. The van der Waals surface area contributed by atoms with Gasteiger partial charge >= 0.3 is 5.97 Å². The second-order valence-electron chi connectivity index (χ2n) is 7.79. The van der Waals surface area contributed by atoms with Crippen LogP contribution in [-0.2, 0) is 14.4 Å². The van der Waals surface area contributed by atoms with Gasteiger partial charge in [-0.3, -0.25) is 14.4 Å². The number of allylic oxidation sites excluding steroid dienone is 2. The summed E-state index contributed by atoms with van der Waals surface area (Å²) in [6.07, 6.45) is 15.0. The third kappa shape index (κ3) is 10.3. The molecule has 0 fully saturated rings. The quantitative estimate of drug-likeness (QED) is 0.178. The van der Waals surface area contributed by atoms with E-state index in [1.807, 2.05) is 0 Å². The van der Waals surface area contributed by atoms with Crippen molar-refractivity contribution in [1.82, 2.24) is 5.32 Å². The number of Topliss-reactive ketones (excluding diaryl/α,β-unsaturated/α-hetero) is 1. The van der Waals surface area contributed by atoms with E-state index in [-0.39, 0.29) is 23.5 Å². The molecule has 6 nitrogen and oxygen atoms in total. The molecule has 0 saturated heterocycles. The number of aliphatic carboxylic acids is 1. The lowest BCUT2D eigenvalue weighted by Crippen LogP contribution is -2.28. The minimum absolute atomic E-state index is 0.00320. The topological polar surface area (TPSA) is 104 Å². The van der Waals surface area contributed by atoms with Crippen LogP contribution >= 0.6 is 0 Å². The van der Waals surface area contributed by atoms with E-state index < -0.39 is 17.5 Å². The average Bonchev–Trinajstić information content (AvgIpc) is 2.69. The Bertz CT molecular complexity index is 606. The van der Waals surface area contributed by atoms with Crippen molar-refractivity contribution in [3.05, 3.63) is 23.1 Å². The molecule has 3 N–H and O–H groups in total. The van der Waals surface area contributed by atoms with Crippen molar-refractivity contribution in [2.24, 2.45) is 0 Å². The molecule has 0 unspecified atom stereocenters. The maximum absolute atomic E-state index is 12.1. The molecule has 0 bridgehead atoms. The van der Waals surface area contributed by atoms with E-state index in [0.717, 1.165) is 25.3 Å². The van der Waals surface area contributed by atoms with Gasteiger partial charge in [-0.1, -0.05) is 71.1 Å². The normalized spacial score (nSPS) is 14.3. The van der Waals surface area contributed by atoms with Crippen molar-refractivity contribution in [2.75, 3.05) is 6.54 Å². The molecule has 1 rings (SSSR count). The van der Waals surface area contributed by atoms with Crippen LogP contribution in [0.25, 0.3) is 0 Å². The number of carbonyl (C=O) groups excluding carboxylic acids is 2. The number of ketones is 2. The van der Waals surface area contributed by atoms with Crippen molar-refractivity contribution < 1.29 is 24.6 Å². The summed E-state index contributed by atoms with van der Waals surface area (Å²) in [6.45, 7) is 2.54. The molecule has 164 valence electrons. The lowest BCUT2D eigenvalue weighted by atomic mass is 9.93. The van der Waals surface area contributed by atoms with Gasteiger partial charge in [-0.25, -0.2) is 0 Å². The SMILES string of the molecule is CCCCCCCCCCCCCC1=C(O)C(NCCCC(=O)O)=CC(=O)C1=O. The fraction of sp³-hybridized carbons (Fsp3) is 0.696. The molecule has 0 aromatic carbocycles. The number of carbonyl (C=O) groups is 3. The second kappa shape index (κ2) is 14.8. The highest BCUT2D eigenvalue weighted by atomic mass is 16.4. The van der Waals surface area contributed by atoms with Crippen LogP contribution in [0.2, 0.25) is 0 Å². The largest absolute Gasteiger partial charge is 0.505 e. The van der Waals surface area contributed by atoms with Crippen LogP contribution in [0.1, 0.15) is 96.8 Å². The molecule has 0 atom stereocenters. The highest BCUT2D eigenvalue weighted by Gasteiger charge is 2.28. The van der Waals surface area contributed by atoms with Crippen LogP contribution in [0.15, 0.2) is 23.1 Å². The van der Waals surface area contributed by atoms with Gasteiger partial charge in [0, 0.05) is 24.6 Å². The minimum atomic E-state index is -0.896. The summed E-state index contributed by atoms with van der Waals surface area (Å²) in [5.74, 6) is -2.34. The second-order valence-corrected chi connectivity index (χ2v) is 7.79. The van der Waals surface area contributed by atoms with Gasteiger partial charge < -0.3 is 15.5 Å². The Morgan fingerprint density at radius 3 is 2.00 bits per heavy atom. The van der Waals surface area contributed by atoms with E-state index in [9.17, 15) is 19.5 Å². The van der Waals surface area contributed by atoms with Crippen molar-refractivity contribution in [3.8, 4) is 0 Å². The van der Waals surface area contributed by atoms with Gasteiger partial charge in [0.15, 0.2) is 0 Å². The summed E-state index contributed by atoms with van der Waals surface area (Å²) in [5, 5.41) is 21.9. The first-order valence-electron chi connectivity index (χ1n) is 11.2. The van der Waals surface area contributed by atoms with E-state index >= 15 is 0 Å². The predicted octanol–water partition coefficient (Wildman–Crippen LogP) is 4.99. The summed E-state index contributed by atoms with van der Waals surface area (Å²) in [4.78, 5) is 34.5. The lowest BCUT2D eigenvalue weighted by molar-refractivity contribution is -0.137. The Morgan fingerprint density at radius 1 is 0.897 bits per heavy atom. The zero-order valence-electron chi connectivity index (χ0n) is 17.8. The number of hydrogen-bond acceptors (Lipinski definition) is 5. The molecule has 0 aromatic heterocycles. The summed E-state index contributed by atoms with van der Waals surface area (Å²) in [5.41, 5.74) is 0.396. The van der Waals surface area contributed by atoms with E-state index in [0.29, 0.717) is 19.4 Å². The number of carboxylic acids is 1. The number of aliphatic hydroxyl groups excluding tert-OH is 1. The molecule has 0 saturated carbocycles. The fourth-order valence-electron chi connectivity index (χ4n) is 3.48. The Balaban J connectivity index is 2.29. The Morgan fingerprint density at radius 2 is 1.45 bits per heavy atom. The monoisotopic (exact) mass is 407 g/mol. The predicted molar refractivity (Wildman–Crippen MR) is 114 cm³/mol. The molecule has 0 heterocycles. The summed E-state index contributed by atoms with van der Waals surface area (Å²) < 4.78 is 0. The third-order valence-electron chi connectivity index (χ3n) is 5.23. The van der Waals surface area contributed by atoms with E-state index in [1.165, 1.54) is 51.4 Å². The highest BCUT2D eigenvalue weighted by molar-refractivity contribution is 6.48. The minimum Gasteiger partial charge on any atom is -0.505 e. The zero-order chi connectivity index (χ0) is 21.5. The molecule has 29 heavy (non-hydrogen) atoms. The van der Waals surface area contributed by atoms with Crippen molar-refractivity contribution in [3.63, 3.8) is 0 Å². The van der Waals surface area contributed by atoms with Crippen LogP contribution in [-0.4, -0.2) is 34.3 Å². The van der Waals surface area contributed by atoms with Gasteiger partial charge in [-0.05, 0) is 19.3 Å². The number of hydrogen-bond donors (Lipinski definition) is 3. The molecule has 0 radical (unpaired) electrons. The average molecular weight is 408 g/mol. The van der Waals surface area contributed by atoms with E-state index in [2.05, 4.69) is 12.2 Å². The van der Waals surface area contributed by atoms with Crippen molar-refractivity contribution in [1.29, 1.82) is 0 Å². The summed E-state index contributed by atoms with van der Waals surface area (Å²) >= 11 is 0. The van der Waals surface area contributed by atoms with Gasteiger partial charge in [0.05, 0.1) is 5.70 Å². The van der Waals surface area contributed by atoms with Gasteiger partial charge in [0.2, 0.25) is 11.6 Å². The highest BCUT2D eigenvalue weighted by Crippen LogP contribution is 2.23. The Hall–Kier alpha value is -2.11. The Labute approximate surface area is 174 Å². The first-order valence-corrected chi connectivity index (χ1v) is 11.2. The zero-order valence-corrected chi connectivity index (χ0v) is 17.8. The summed E-state index contributed by atoms with van der Waals surface area (Å²) in [6, 6.07) is 0. The van der Waals surface area contributed by atoms with Crippen LogP contribution in [0.3, 0.4) is 0 Å². The first kappa shape index (κ1) is 24.9. The number of unbranched alkanes of at least 4 members (excludes halogenated alkanes) is 10. The molecule has 1 aliphatic carbocycles. The molecule has 0 amide bonds. The molecule has 0 spiro atoms. The molecule has 6 heteroatoms.